The van der Waals surface area contributed by atoms with E-state index in [0.717, 1.165) is 12.3 Å². The average molecular weight is 152 g/mol. The van der Waals surface area contributed by atoms with Crippen LogP contribution in [-0.2, 0) is 4.79 Å². The van der Waals surface area contributed by atoms with Gasteiger partial charge in [-0.1, -0.05) is 20.8 Å². The highest BCUT2D eigenvalue weighted by molar-refractivity contribution is 5.86. The lowest BCUT2D eigenvalue weighted by atomic mass is 9.90. The third-order valence-corrected chi connectivity index (χ3v) is 3.94. The number of ketones is 1. The number of fused-ring (bicyclic) bond motifs is 1. The van der Waals surface area contributed by atoms with Gasteiger partial charge >= 0.3 is 0 Å². The largest absolute Gasteiger partial charge is 0.299 e. The molecule has 0 saturated heterocycles. The molecular formula is C10H16O. The Morgan fingerprint density at radius 3 is 2.45 bits per heavy atom. The number of carbonyl (C=O) groups is 1. The van der Waals surface area contributed by atoms with Gasteiger partial charge in [0.05, 0.1) is 0 Å². The van der Waals surface area contributed by atoms with Crippen molar-refractivity contribution < 1.29 is 4.79 Å². The van der Waals surface area contributed by atoms with Crippen molar-refractivity contribution in [1.82, 2.24) is 0 Å². The van der Waals surface area contributed by atoms with Crippen LogP contribution < -0.4 is 0 Å². The van der Waals surface area contributed by atoms with Crippen molar-refractivity contribution in [3.8, 4) is 0 Å². The maximum Gasteiger partial charge on any atom is 0.136 e. The van der Waals surface area contributed by atoms with E-state index in [1.165, 1.54) is 6.42 Å². The summed E-state index contributed by atoms with van der Waals surface area (Å²) in [5, 5.41) is 0. The second-order valence-electron chi connectivity index (χ2n) is 4.63. The maximum atomic E-state index is 11.3. The number of Topliss-reactive ketones (excluding diaryl/α,β-unsaturated/α-hetero) is 1. The summed E-state index contributed by atoms with van der Waals surface area (Å²) >= 11 is 0. The Morgan fingerprint density at radius 2 is 2.18 bits per heavy atom. The molecule has 0 aromatic rings. The lowest BCUT2D eigenvalue weighted by molar-refractivity contribution is -0.121. The first-order valence-corrected chi connectivity index (χ1v) is 4.60. The highest BCUT2D eigenvalue weighted by Gasteiger charge is 2.64. The molecule has 0 radical (unpaired) electrons. The Balaban J connectivity index is 2.20. The van der Waals surface area contributed by atoms with Gasteiger partial charge in [0.2, 0.25) is 0 Å². The molecule has 62 valence electrons. The van der Waals surface area contributed by atoms with Crippen LogP contribution in [-0.4, -0.2) is 5.78 Å². The number of rotatable bonds is 1. The number of hydrogen-bond donors (Lipinski definition) is 0. The Hall–Kier alpha value is -0.330. The van der Waals surface area contributed by atoms with Crippen molar-refractivity contribution in [2.24, 2.45) is 23.2 Å². The molecule has 2 saturated carbocycles. The van der Waals surface area contributed by atoms with E-state index in [1.807, 2.05) is 0 Å². The van der Waals surface area contributed by atoms with Gasteiger partial charge in [0.15, 0.2) is 0 Å². The molecule has 0 heterocycles. The average Bonchev–Trinajstić information content (AvgIpc) is 2.57. The van der Waals surface area contributed by atoms with E-state index in [9.17, 15) is 4.79 Å². The van der Waals surface area contributed by atoms with E-state index >= 15 is 0 Å². The van der Waals surface area contributed by atoms with E-state index in [2.05, 4.69) is 20.8 Å². The zero-order valence-corrected chi connectivity index (χ0v) is 7.55. The van der Waals surface area contributed by atoms with Crippen molar-refractivity contribution in [3.63, 3.8) is 0 Å². The summed E-state index contributed by atoms with van der Waals surface area (Å²) in [6.07, 6.45) is 2.19. The number of carbonyl (C=O) groups excluding carboxylic acids is 1. The molecule has 11 heavy (non-hydrogen) atoms. The molecule has 2 unspecified atom stereocenters. The summed E-state index contributed by atoms with van der Waals surface area (Å²) in [5.41, 5.74) is 0.455. The van der Waals surface area contributed by atoms with Gasteiger partial charge in [-0.15, -0.1) is 0 Å². The first-order valence-electron chi connectivity index (χ1n) is 4.60. The van der Waals surface area contributed by atoms with Gasteiger partial charge < -0.3 is 0 Å². The van der Waals surface area contributed by atoms with Gasteiger partial charge in [0.25, 0.3) is 0 Å². The first kappa shape index (κ1) is 7.33. The van der Waals surface area contributed by atoms with E-state index in [-0.39, 0.29) is 0 Å². The maximum absolute atomic E-state index is 11.3. The zero-order chi connectivity index (χ0) is 8.22. The predicted molar refractivity (Wildman–Crippen MR) is 44.2 cm³/mol. The Kier molecular flexibility index (Phi) is 1.25. The number of hydrogen-bond acceptors (Lipinski definition) is 1. The molecule has 0 N–H and O–H groups in total. The topological polar surface area (TPSA) is 17.1 Å². The van der Waals surface area contributed by atoms with E-state index < -0.39 is 0 Å². The van der Waals surface area contributed by atoms with Gasteiger partial charge in [-0.3, -0.25) is 4.79 Å². The van der Waals surface area contributed by atoms with Crippen LogP contribution in [0.3, 0.4) is 0 Å². The molecule has 0 amide bonds. The van der Waals surface area contributed by atoms with E-state index in [0.29, 0.717) is 23.0 Å². The van der Waals surface area contributed by atoms with Crippen LogP contribution >= 0.6 is 0 Å². The SMILES string of the molecule is CC1C(=O)C[C@]2(C(C)C)CC12. The first-order chi connectivity index (χ1) is 5.08. The molecule has 0 bridgehead atoms. The Morgan fingerprint density at radius 1 is 1.55 bits per heavy atom. The molecule has 3 atom stereocenters. The van der Waals surface area contributed by atoms with Gasteiger partial charge in [0.1, 0.15) is 5.78 Å². The fraction of sp³-hybridized carbons (Fsp3) is 0.900. The molecular weight excluding hydrogens is 136 g/mol. The summed E-state index contributed by atoms with van der Waals surface area (Å²) in [6.45, 7) is 6.61. The van der Waals surface area contributed by atoms with Crippen molar-refractivity contribution in [2.45, 2.75) is 33.6 Å². The van der Waals surface area contributed by atoms with Crippen LogP contribution in [0.25, 0.3) is 0 Å². The van der Waals surface area contributed by atoms with E-state index in [4.69, 9.17) is 0 Å². The minimum Gasteiger partial charge on any atom is -0.299 e. The van der Waals surface area contributed by atoms with Crippen molar-refractivity contribution in [2.75, 3.05) is 0 Å². The smallest absolute Gasteiger partial charge is 0.136 e. The van der Waals surface area contributed by atoms with Crippen molar-refractivity contribution >= 4 is 5.78 Å². The Bertz CT molecular complexity index is 207. The van der Waals surface area contributed by atoms with Crippen molar-refractivity contribution in [3.05, 3.63) is 0 Å². The van der Waals surface area contributed by atoms with Crippen LogP contribution in [0.15, 0.2) is 0 Å². The predicted octanol–water partition coefficient (Wildman–Crippen LogP) is 2.26. The molecule has 1 nitrogen and oxygen atoms in total. The minimum absolute atomic E-state index is 0.373. The van der Waals surface area contributed by atoms with Gasteiger partial charge in [-0.2, -0.15) is 0 Å². The van der Waals surface area contributed by atoms with Gasteiger partial charge in [-0.25, -0.2) is 0 Å². The highest BCUT2D eigenvalue weighted by atomic mass is 16.1. The van der Waals surface area contributed by atoms with E-state index in [1.54, 1.807) is 0 Å². The molecule has 0 aromatic heterocycles. The van der Waals surface area contributed by atoms with Crippen molar-refractivity contribution in [1.29, 1.82) is 0 Å². The zero-order valence-electron chi connectivity index (χ0n) is 7.55. The lowest BCUT2D eigenvalue weighted by Gasteiger charge is -2.14. The summed E-state index contributed by atoms with van der Waals surface area (Å²) in [5.74, 6) is 2.34. The van der Waals surface area contributed by atoms with Crippen LogP contribution in [0.4, 0.5) is 0 Å². The molecule has 0 aromatic carbocycles. The third-order valence-electron chi connectivity index (χ3n) is 3.94. The quantitative estimate of drug-likeness (QED) is 0.563. The fourth-order valence-electron chi connectivity index (χ4n) is 2.81. The Labute approximate surface area is 68.2 Å². The molecule has 2 aliphatic carbocycles. The van der Waals surface area contributed by atoms with Crippen LogP contribution in [0.1, 0.15) is 33.6 Å². The summed E-state index contributed by atoms with van der Waals surface area (Å²) in [6, 6.07) is 0. The monoisotopic (exact) mass is 152 g/mol. The normalized spacial score (nSPS) is 48.2. The standard InChI is InChI=1S/C10H16O/c1-6(2)10-4-8(10)7(3)9(11)5-10/h6-8H,4-5H2,1-3H3/t7?,8?,10-/m0/s1. The van der Waals surface area contributed by atoms with Crippen LogP contribution in [0.5, 0.6) is 0 Å². The summed E-state index contributed by atoms with van der Waals surface area (Å²) in [7, 11) is 0. The highest BCUT2D eigenvalue weighted by Crippen LogP contribution is 2.68. The minimum atomic E-state index is 0.373. The van der Waals surface area contributed by atoms with Crippen LogP contribution in [0, 0.1) is 23.2 Å². The van der Waals surface area contributed by atoms with Crippen LogP contribution in [0.2, 0.25) is 0 Å². The summed E-state index contributed by atoms with van der Waals surface area (Å²) in [4.78, 5) is 11.3. The molecule has 0 spiro atoms. The second-order valence-corrected chi connectivity index (χ2v) is 4.63. The second kappa shape index (κ2) is 1.88. The van der Waals surface area contributed by atoms with Gasteiger partial charge in [-0.05, 0) is 23.7 Å². The van der Waals surface area contributed by atoms with Gasteiger partial charge in [0, 0.05) is 12.3 Å². The molecule has 2 rings (SSSR count). The fourth-order valence-corrected chi connectivity index (χ4v) is 2.81. The third kappa shape index (κ3) is 0.743. The lowest BCUT2D eigenvalue weighted by Crippen LogP contribution is -2.10. The summed E-state index contributed by atoms with van der Waals surface area (Å²) < 4.78 is 0. The molecule has 1 heteroatoms. The molecule has 2 aliphatic rings. The molecule has 2 fully saturated rings. The molecule has 0 aliphatic heterocycles.